The fourth-order valence-electron chi connectivity index (χ4n) is 10.8. The molecule has 0 heterocycles. The van der Waals surface area contributed by atoms with Gasteiger partial charge in [0.25, 0.3) is 0 Å². The van der Waals surface area contributed by atoms with E-state index in [0.717, 1.165) is 180 Å². The monoisotopic (exact) mass is 1530 g/mol. The number of allylic oxidation sites excluding steroid dienone is 22. The summed E-state index contributed by atoms with van der Waals surface area (Å²) in [6.07, 6.45) is 88.5. The summed E-state index contributed by atoms with van der Waals surface area (Å²) in [7, 11) is -9.99. The van der Waals surface area contributed by atoms with Gasteiger partial charge >= 0.3 is 39.5 Å². The van der Waals surface area contributed by atoms with Crippen LogP contribution < -0.4 is 0 Å². The second kappa shape index (κ2) is 78.3. The first-order valence-corrected chi connectivity index (χ1v) is 44.4. The second-order valence-electron chi connectivity index (χ2n) is 27.3. The minimum atomic E-state index is -5.00. The standard InChI is InChI=1S/C87H148O17P2/c1-5-9-13-17-21-25-29-33-37-39-40-42-45-48-52-56-60-64-68-72-85(90)98-78-83(104-87(92)74-70-66-62-58-54-50-46-41-38-34-30-26-22-18-14-10-6-2)80-102-106(95,96)100-76-81(88)75-99-105(93,94)101-79-82(103-86(91)73-69-65-61-57-53-49-44-36-32-28-24-20-16-12-8-4)77-97-84(89)71-67-63-59-55-51-47-43-35-31-27-23-19-15-11-7-3/h9-10,13-14,21-22,25-26,33-38,40,42-44,46,48,50,52,81-83,88H,5-8,11-12,15-20,23-24,27-32,39,41,45,47,49,51,53-80H2,1-4H3,(H,93,94)(H,95,96)/b13-9-,14-10-,25-21-,26-22-,37-33-,38-34-,42-40-,43-35-,44-36-,50-46-,52-48-. The molecule has 106 heavy (non-hydrogen) atoms. The number of aliphatic hydroxyl groups excluding tert-OH is 1. The number of rotatable bonds is 77. The first-order valence-electron chi connectivity index (χ1n) is 41.4. The van der Waals surface area contributed by atoms with Crippen LogP contribution in [0.1, 0.15) is 336 Å². The molecule has 17 nitrogen and oxygen atoms in total. The highest BCUT2D eigenvalue weighted by molar-refractivity contribution is 7.47. The zero-order valence-electron chi connectivity index (χ0n) is 66.6. The average Bonchev–Trinajstić information content (AvgIpc) is 0.902. The number of ether oxygens (including phenoxy) is 4. The van der Waals surface area contributed by atoms with E-state index in [0.29, 0.717) is 25.7 Å². The molecule has 0 aliphatic rings. The smallest absolute Gasteiger partial charge is 0.462 e. The predicted octanol–water partition coefficient (Wildman–Crippen LogP) is 24.4. The molecule has 608 valence electrons. The number of carbonyl (C=O) groups excluding carboxylic acids is 4. The number of phosphoric ester groups is 2. The molecule has 0 aliphatic heterocycles. The van der Waals surface area contributed by atoms with Crippen molar-refractivity contribution in [3.05, 3.63) is 134 Å². The summed E-state index contributed by atoms with van der Waals surface area (Å²) in [5, 5.41) is 10.7. The maximum atomic E-state index is 13.1. The fourth-order valence-corrected chi connectivity index (χ4v) is 12.4. The molecule has 0 aromatic rings. The average molecular weight is 1530 g/mol. The number of unbranched alkanes of at least 4 members (excludes halogenated alkanes) is 29. The number of phosphoric acid groups is 2. The molecule has 0 aromatic carbocycles. The topological polar surface area (TPSA) is 237 Å². The summed E-state index contributed by atoms with van der Waals surface area (Å²) in [5.74, 6) is -2.25. The van der Waals surface area contributed by atoms with Gasteiger partial charge in [0.05, 0.1) is 26.4 Å². The summed E-state index contributed by atoms with van der Waals surface area (Å²) in [6.45, 7) is 4.58. The van der Waals surface area contributed by atoms with E-state index in [9.17, 15) is 43.2 Å². The molecule has 0 bridgehead atoms. The van der Waals surface area contributed by atoms with Crippen LogP contribution in [0.25, 0.3) is 0 Å². The molecule has 0 radical (unpaired) electrons. The van der Waals surface area contributed by atoms with Crippen molar-refractivity contribution in [3.63, 3.8) is 0 Å². The first kappa shape index (κ1) is 101. The molecule has 0 amide bonds. The fraction of sp³-hybridized carbons (Fsp3) is 0.701. The van der Waals surface area contributed by atoms with E-state index in [1.807, 2.05) is 0 Å². The van der Waals surface area contributed by atoms with Crippen LogP contribution in [0.2, 0.25) is 0 Å². The Bertz CT molecular complexity index is 2530. The van der Waals surface area contributed by atoms with E-state index in [2.05, 4.69) is 161 Å². The highest BCUT2D eigenvalue weighted by atomic mass is 31.2. The van der Waals surface area contributed by atoms with E-state index < -0.39 is 97.5 Å². The highest BCUT2D eigenvalue weighted by Gasteiger charge is 2.30. The predicted molar refractivity (Wildman–Crippen MR) is 436 cm³/mol. The van der Waals surface area contributed by atoms with E-state index in [1.165, 1.54) is 77.0 Å². The van der Waals surface area contributed by atoms with E-state index in [1.54, 1.807) is 0 Å². The van der Waals surface area contributed by atoms with Crippen molar-refractivity contribution in [2.45, 2.75) is 354 Å². The lowest BCUT2D eigenvalue weighted by Gasteiger charge is -2.21. The Morgan fingerprint density at radius 3 is 0.774 bits per heavy atom. The molecule has 0 fully saturated rings. The molecule has 5 atom stereocenters. The third-order valence-corrected chi connectivity index (χ3v) is 19.0. The van der Waals surface area contributed by atoms with Crippen LogP contribution in [0, 0.1) is 0 Å². The molecule has 0 saturated carbocycles. The van der Waals surface area contributed by atoms with Gasteiger partial charge in [0.2, 0.25) is 0 Å². The van der Waals surface area contributed by atoms with Gasteiger partial charge in [-0.1, -0.05) is 283 Å². The molecular formula is C87H148O17P2. The number of hydrogen-bond donors (Lipinski definition) is 3. The quantitative estimate of drug-likeness (QED) is 0.0169. The van der Waals surface area contributed by atoms with Crippen molar-refractivity contribution < 1.29 is 80.2 Å². The molecule has 0 spiro atoms. The Kier molecular flexibility index (Phi) is 74.8. The van der Waals surface area contributed by atoms with Crippen molar-refractivity contribution in [3.8, 4) is 0 Å². The highest BCUT2D eigenvalue weighted by Crippen LogP contribution is 2.45. The number of carbonyl (C=O) groups is 4. The molecule has 0 aromatic heterocycles. The lowest BCUT2D eigenvalue weighted by atomic mass is 10.1. The summed E-state index contributed by atoms with van der Waals surface area (Å²) >= 11 is 0. The number of aliphatic hydroxyl groups is 1. The van der Waals surface area contributed by atoms with Crippen LogP contribution in [-0.2, 0) is 65.4 Å². The maximum absolute atomic E-state index is 13.1. The number of hydrogen-bond acceptors (Lipinski definition) is 15. The van der Waals surface area contributed by atoms with Gasteiger partial charge in [0.1, 0.15) is 19.3 Å². The molecule has 19 heteroatoms. The van der Waals surface area contributed by atoms with Gasteiger partial charge in [-0.05, 0) is 161 Å². The van der Waals surface area contributed by atoms with Gasteiger partial charge in [-0.2, -0.15) is 0 Å². The molecular weight excluding hydrogens is 1380 g/mol. The van der Waals surface area contributed by atoms with Crippen molar-refractivity contribution in [2.75, 3.05) is 39.6 Å². The second-order valence-corrected chi connectivity index (χ2v) is 30.2. The minimum Gasteiger partial charge on any atom is -0.462 e. The lowest BCUT2D eigenvalue weighted by Crippen LogP contribution is -2.30. The van der Waals surface area contributed by atoms with E-state index >= 15 is 0 Å². The Morgan fingerprint density at radius 2 is 0.491 bits per heavy atom. The summed E-state index contributed by atoms with van der Waals surface area (Å²) < 4.78 is 68.7. The van der Waals surface area contributed by atoms with Gasteiger partial charge < -0.3 is 33.8 Å². The SMILES string of the molecule is CC/C=C\C/C=C\C/C=C\C/C=C\C/C=C\CCCCCC(=O)OCC(COP(=O)(O)OCC(O)COP(=O)(O)OCC(COC(=O)CCCCCCC/C=C\CCCCCCCC)OC(=O)CCCCCCC/C=C\CCCCCCCC)OC(=O)CCCCCC/C=C\C/C=C\C/C=C\C/C=C\CC. The van der Waals surface area contributed by atoms with Crippen LogP contribution in [-0.4, -0.2) is 96.7 Å². The zero-order valence-corrected chi connectivity index (χ0v) is 68.4. The third-order valence-electron chi connectivity index (χ3n) is 17.1. The Balaban J connectivity index is 5.44. The Morgan fingerprint density at radius 1 is 0.274 bits per heavy atom. The van der Waals surface area contributed by atoms with Crippen LogP contribution in [0.3, 0.4) is 0 Å². The third kappa shape index (κ3) is 77.4. The first-order chi connectivity index (χ1) is 51.7. The van der Waals surface area contributed by atoms with Crippen molar-refractivity contribution in [1.29, 1.82) is 0 Å². The van der Waals surface area contributed by atoms with Crippen molar-refractivity contribution >= 4 is 39.5 Å². The van der Waals surface area contributed by atoms with Gasteiger partial charge in [-0.25, -0.2) is 9.13 Å². The Hall–Kier alpha value is -4.80. The van der Waals surface area contributed by atoms with E-state index in [-0.39, 0.29) is 25.7 Å². The van der Waals surface area contributed by atoms with Gasteiger partial charge in [0.15, 0.2) is 12.2 Å². The van der Waals surface area contributed by atoms with Crippen LogP contribution in [0.4, 0.5) is 0 Å². The minimum absolute atomic E-state index is 0.0555. The molecule has 3 N–H and O–H groups in total. The zero-order chi connectivity index (χ0) is 77.4. The molecule has 0 rings (SSSR count). The molecule has 0 saturated heterocycles. The molecule has 5 unspecified atom stereocenters. The summed E-state index contributed by atoms with van der Waals surface area (Å²) in [5.41, 5.74) is 0. The van der Waals surface area contributed by atoms with Gasteiger partial charge in [-0.15, -0.1) is 0 Å². The Labute approximate surface area is 644 Å². The molecule has 0 aliphatic carbocycles. The summed E-state index contributed by atoms with van der Waals surface area (Å²) in [6, 6.07) is 0. The summed E-state index contributed by atoms with van der Waals surface area (Å²) in [4.78, 5) is 73.1. The number of esters is 4. The van der Waals surface area contributed by atoms with Gasteiger partial charge in [0, 0.05) is 25.7 Å². The largest absolute Gasteiger partial charge is 0.472 e. The van der Waals surface area contributed by atoms with Crippen LogP contribution in [0.5, 0.6) is 0 Å². The van der Waals surface area contributed by atoms with Gasteiger partial charge in [-0.3, -0.25) is 37.3 Å². The lowest BCUT2D eigenvalue weighted by molar-refractivity contribution is -0.161. The van der Waals surface area contributed by atoms with E-state index in [4.69, 9.17) is 37.0 Å². The van der Waals surface area contributed by atoms with Crippen molar-refractivity contribution in [1.82, 2.24) is 0 Å². The van der Waals surface area contributed by atoms with Crippen LogP contribution in [0.15, 0.2) is 134 Å². The normalized spacial score (nSPS) is 14.5. The maximum Gasteiger partial charge on any atom is 0.472 e. The van der Waals surface area contributed by atoms with Crippen LogP contribution >= 0.6 is 15.6 Å². The van der Waals surface area contributed by atoms with Crippen molar-refractivity contribution in [2.24, 2.45) is 0 Å².